The van der Waals surface area contributed by atoms with Gasteiger partial charge in [0.15, 0.2) is 0 Å². The Labute approximate surface area is 115 Å². The van der Waals surface area contributed by atoms with Crippen LogP contribution in [0.25, 0.3) is 0 Å². The Morgan fingerprint density at radius 1 is 1.29 bits per heavy atom. The summed E-state index contributed by atoms with van der Waals surface area (Å²) in [5.74, 6) is 0. The van der Waals surface area contributed by atoms with Crippen molar-refractivity contribution in [2.75, 3.05) is 14.2 Å². The normalized spacial score (nSPS) is 9.29. The fourth-order valence-electron chi connectivity index (χ4n) is 1.05. The van der Waals surface area contributed by atoms with Crippen molar-refractivity contribution in [2.45, 2.75) is 6.61 Å². The molecule has 0 aliphatic carbocycles. The molecule has 0 aromatic heterocycles. The Bertz CT molecular complexity index is 382. The molecule has 1 rings (SSSR count). The van der Waals surface area contributed by atoms with Crippen LogP contribution in [0, 0.1) is 0 Å². The predicted molar refractivity (Wildman–Crippen MR) is 56.8 cm³/mol. The summed E-state index contributed by atoms with van der Waals surface area (Å²) in [5, 5.41) is 1.07. The molecule has 5 nitrogen and oxygen atoms in total. The van der Waals surface area contributed by atoms with E-state index in [0.29, 0.717) is 0 Å². The Hall–Kier alpha value is -0.776. The topological polar surface area (TPSA) is 55.8 Å². The van der Waals surface area contributed by atoms with Gasteiger partial charge in [-0.15, -0.1) is 0 Å². The number of rotatable bonds is 5. The van der Waals surface area contributed by atoms with Crippen molar-refractivity contribution in [3.63, 3.8) is 0 Å². The van der Waals surface area contributed by atoms with Crippen LogP contribution in [0.5, 0.6) is 0 Å². The third-order valence-corrected chi connectivity index (χ3v) is 4.54. The second-order valence-corrected chi connectivity index (χ2v) is 6.34. The van der Waals surface area contributed by atoms with E-state index in [2.05, 4.69) is 0 Å². The molecular formula is C11H13NO4Y. The van der Waals surface area contributed by atoms with Crippen LogP contribution in [0.1, 0.15) is 5.56 Å². The zero-order valence-electron chi connectivity index (χ0n) is 9.75. The standard InChI is InChI=1S/C8H7O2.C3H6NO2.Y/c9-7-10-6-8-4-2-1-3-5-8;1-4(3-5)6-2;/h1-5H,6H2;1-2H3;. The number of benzene rings is 1. The summed E-state index contributed by atoms with van der Waals surface area (Å²) in [6.45, 7) is 0.218. The molecule has 0 aliphatic heterocycles. The number of hydrogen-bond donors (Lipinski definition) is 0. The van der Waals surface area contributed by atoms with E-state index in [1.807, 2.05) is 30.3 Å². The molecular weight excluding hydrogens is 299 g/mol. The van der Waals surface area contributed by atoms with Gasteiger partial charge in [0.2, 0.25) is 0 Å². The second-order valence-electron chi connectivity index (χ2n) is 3.26. The molecule has 0 fully saturated rings. The maximum atomic E-state index is 11.4. The number of amides is 1. The Morgan fingerprint density at radius 3 is 2.53 bits per heavy atom. The van der Waals surface area contributed by atoms with Crippen molar-refractivity contribution >= 4 is 5.50 Å². The molecule has 1 aromatic carbocycles. The maximum absolute atomic E-state index is 11.4. The molecule has 0 atom stereocenters. The first-order valence-corrected chi connectivity index (χ1v) is 7.84. The van der Waals surface area contributed by atoms with Crippen molar-refractivity contribution in [3.05, 3.63) is 35.9 Å². The van der Waals surface area contributed by atoms with E-state index in [4.69, 9.17) is 9.57 Å². The molecule has 1 amide bonds. The molecule has 89 valence electrons. The van der Waals surface area contributed by atoms with Crippen LogP contribution < -0.4 is 0 Å². The molecule has 0 bridgehead atoms. The summed E-state index contributed by atoms with van der Waals surface area (Å²) < 4.78 is 4.41. The van der Waals surface area contributed by atoms with Crippen molar-refractivity contribution in [2.24, 2.45) is 0 Å². The monoisotopic (exact) mass is 312 g/mol. The first kappa shape index (κ1) is 14.3. The summed E-state index contributed by atoms with van der Waals surface area (Å²) >= 11 is -2.09. The van der Waals surface area contributed by atoms with Gasteiger partial charge in [0.25, 0.3) is 0 Å². The van der Waals surface area contributed by atoms with Crippen LogP contribution in [0.2, 0.25) is 0 Å². The van der Waals surface area contributed by atoms with E-state index in [1.54, 1.807) is 0 Å². The quantitative estimate of drug-likeness (QED) is 0.781. The predicted octanol–water partition coefficient (Wildman–Crippen LogP) is 2.02. The van der Waals surface area contributed by atoms with Crippen molar-refractivity contribution in [1.82, 2.24) is 5.06 Å². The second kappa shape index (κ2) is 7.53. The van der Waals surface area contributed by atoms with Gasteiger partial charge in [-0.2, -0.15) is 0 Å². The molecule has 0 aliphatic rings. The minimum atomic E-state index is -2.09. The van der Waals surface area contributed by atoms with Gasteiger partial charge >= 0.3 is 116 Å². The van der Waals surface area contributed by atoms with Crippen molar-refractivity contribution in [1.29, 1.82) is 0 Å². The molecule has 0 spiro atoms. The first-order valence-electron chi connectivity index (χ1n) is 5.00. The molecule has 0 saturated heterocycles. The molecule has 0 unspecified atom stereocenters. The van der Waals surface area contributed by atoms with Crippen LogP contribution >= 0.6 is 0 Å². The van der Waals surface area contributed by atoms with Gasteiger partial charge in [0, 0.05) is 0 Å². The van der Waals surface area contributed by atoms with Crippen LogP contribution in [-0.2, 0) is 45.4 Å². The van der Waals surface area contributed by atoms with Gasteiger partial charge in [-0.25, -0.2) is 0 Å². The number of carbonyl (C=O) groups excluding carboxylic acids is 2. The van der Waals surface area contributed by atoms with Crippen LogP contribution in [-0.4, -0.2) is 24.7 Å². The van der Waals surface area contributed by atoms with E-state index in [1.165, 1.54) is 14.2 Å². The summed E-state index contributed by atoms with van der Waals surface area (Å²) in [6.07, 6.45) is 0. The van der Waals surface area contributed by atoms with Crippen molar-refractivity contribution < 1.29 is 48.4 Å². The van der Waals surface area contributed by atoms with Gasteiger partial charge in [-0.05, 0) is 0 Å². The summed E-state index contributed by atoms with van der Waals surface area (Å²) in [4.78, 5) is 27.5. The number of ether oxygens (including phenoxy) is 1. The van der Waals surface area contributed by atoms with Gasteiger partial charge in [-0.3, -0.25) is 0 Å². The summed E-state index contributed by atoms with van der Waals surface area (Å²) in [7, 11) is 2.87. The fraction of sp³-hybridized carbons (Fsp3) is 0.273. The Morgan fingerprint density at radius 2 is 1.94 bits per heavy atom. The Balaban J connectivity index is 2.33. The fourth-order valence-corrected chi connectivity index (χ4v) is 2.66. The SMILES string of the molecule is CON(C)[C](=O)[Y][C](=O)OCc1ccccc1. The van der Waals surface area contributed by atoms with Crippen LogP contribution in [0.15, 0.2) is 30.3 Å². The molecule has 0 heterocycles. The average Bonchev–Trinajstić information content (AvgIpc) is 2.36. The van der Waals surface area contributed by atoms with Crippen LogP contribution in [0.4, 0.5) is 9.59 Å². The molecule has 0 saturated carbocycles. The number of nitrogens with zero attached hydrogens (tertiary/aromatic N) is 1. The molecule has 0 N–H and O–H groups in total. The van der Waals surface area contributed by atoms with Gasteiger partial charge < -0.3 is 0 Å². The van der Waals surface area contributed by atoms with E-state index < -0.39 is 29.2 Å². The number of hydrogen-bond acceptors (Lipinski definition) is 4. The average molecular weight is 312 g/mol. The van der Waals surface area contributed by atoms with E-state index in [0.717, 1.165) is 10.6 Å². The van der Waals surface area contributed by atoms with E-state index >= 15 is 0 Å². The number of carbonyl (C=O) groups is 2. The minimum absolute atomic E-state index is 0.218. The third kappa shape index (κ3) is 5.39. The van der Waals surface area contributed by atoms with Gasteiger partial charge in [-0.1, -0.05) is 0 Å². The number of hydroxylamine groups is 2. The van der Waals surface area contributed by atoms with Crippen LogP contribution in [0.3, 0.4) is 0 Å². The van der Waals surface area contributed by atoms with Gasteiger partial charge in [0.1, 0.15) is 0 Å². The third-order valence-electron chi connectivity index (χ3n) is 2.05. The van der Waals surface area contributed by atoms with E-state index in [9.17, 15) is 9.59 Å². The molecule has 6 heteroatoms. The zero-order chi connectivity index (χ0) is 12.7. The molecule has 1 aromatic rings. The van der Waals surface area contributed by atoms with Crippen molar-refractivity contribution in [3.8, 4) is 0 Å². The first-order chi connectivity index (χ1) is 8.13. The van der Waals surface area contributed by atoms with E-state index in [-0.39, 0.29) is 12.1 Å². The van der Waals surface area contributed by atoms with Gasteiger partial charge in [0.05, 0.1) is 0 Å². The molecule has 0 radical (unpaired) electrons. The summed E-state index contributed by atoms with van der Waals surface area (Å²) in [5.41, 5.74) is 0.913. The summed E-state index contributed by atoms with van der Waals surface area (Å²) in [6, 6.07) is 9.36. The Kier molecular flexibility index (Phi) is 6.33. The zero-order valence-corrected chi connectivity index (χ0v) is 12.6. The molecule has 17 heavy (non-hydrogen) atoms.